The number of aliphatic carboxylic acids is 1. The summed E-state index contributed by atoms with van der Waals surface area (Å²) in [5, 5.41) is 8.68. The Morgan fingerprint density at radius 2 is 1.88 bits per heavy atom. The zero-order valence-corrected chi connectivity index (χ0v) is 11.4. The molecule has 0 saturated heterocycles. The Labute approximate surface area is 103 Å². The van der Waals surface area contributed by atoms with Crippen LogP contribution in [-0.2, 0) is 15.0 Å². The van der Waals surface area contributed by atoms with E-state index in [9.17, 15) is 13.2 Å². The summed E-state index contributed by atoms with van der Waals surface area (Å²) in [4.78, 5) is 10.6. The van der Waals surface area contributed by atoms with Gasteiger partial charge in [-0.2, -0.15) is 13.1 Å². The number of carboxylic acids is 1. The molecule has 0 aromatic rings. The SMILES string of the molecule is CCNS(=O)(=O)NC(C)CCCC(C)C(=O)O. The number of rotatable bonds is 9. The van der Waals surface area contributed by atoms with Crippen LogP contribution < -0.4 is 9.44 Å². The van der Waals surface area contributed by atoms with Gasteiger partial charge >= 0.3 is 5.97 Å². The van der Waals surface area contributed by atoms with E-state index in [0.29, 0.717) is 25.8 Å². The van der Waals surface area contributed by atoms with E-state index in [1.165, 1.54) is 0 Å². The molecule has 17 heavy (non-hydrogen) atoms. The van der Waals surface area contributed by atoms with Gasteiger partial charge in [-0.15, -0.1) is 0 Å². The molecule has 2 unspecified atom stereocenters. The Morgan fingerprint density at radius 3 is 2.35 bits per heavy atom. The van der Waals surface area contributed by atoms with Crippen molar-refractivity contribution < 1.29 is 18.3 Å². The van der Waals surface area contributed by atoms with Crippen LogP contribution in [0.3, 0.4) is 0 Å². The summed E-state index contributed by atoms with van der Waals surface area (Å²) < 4.78 is 27.5. The fourth-order valence-corrected chi connectivity index (χ4v) is 2.52. The number of carbonyl (C=O) groups is 1. The van der Waals surface area contributed by atoms with Crippen molar-refractivity contribution in [1.29, 1.82) is 0 Å². The van der Waals surface area contributed by atoms with Crippen LogP contribution in [0, 0.1) is 5.92 Å². The summed E-state index contributed by atoms with van der Waals surface area (Å²) in [6.45, 7) is 5.46. The molecule has 2 atom stereocenters. The third kappa shape index (κ3) is 8.12. The zero-order valence-electron chi connectivity index (χ0n) is 10.6. The maximum atomic E-state index is 11.3. The minimum atomic E-state index is -3.41. The van der Waals surface area contributed by atoms with Gasteiger partial charge in [0.1, 0.15) is 0 Å². The van der Waals surface area contributed by atoms with Crippen molar-refractivity contribution in [2.45, 2.75) is 46.1 Å². The van der Waals surface area contributed by atoms with Crippen molar-refractivity contribution in [3.8, 4) is 0 Å². The molecule has 0 spiro atoms. The van der Waals surface area contributed by atoms with Crippen molar-refractivity contribution in [2.75, 3.05) is 6.54 Å². The monoisotopic (exact) mass is 266 g/mol. The second-order valence-corrected chi connectivity index (χ2v) is 5.72. The molecule has 0 aromatic heterocycles. The van der Waals surface area contributed by atoms with E-state index in [4.69, 9.17) is 5.11 Å². The number of nitrogens with one attached hydrogen (secondary N) is 2. The smallest absolute Gasteiger partial charge is 0.306 e. The molecule has 7 heteroatoms. The predicted octanol–water partition coefficient (Wildman–Crippen LogP) is 0.710. The standard InChI is InChI=1S/C10H22N2O4S/c1-4-11-17(15,16)12-9(3)7-5-6-8(2)10(13)14/h8-9,11-12H,4-7H2,1-3H3,(H,13,14). The van der Waals surface area contributed by atoms with Gasteiger partial charge in [0.15, 0.2) is 0 Å². The highest BCUT2D eigenvalue weighted by atomic mass is 32.2. The van der Waals surface area contributed by atoms with Gasteiger partial charge in [0, 0.05) is 12.6 Å². The summed E-state index contributed by atoms with van der Waals surface area (Å²) in [6.07, 6.45) is 1.87. The molecular weight excluding hydrogens is 244 g/mol. The Hall–Kier alpha value is -0.660. The minimum absolute atomic E-state index is 0.194. The minimum Gasteiger partial charge on any atom is -0.481 e. The normalized spacial score (nSPS) is 15.5. The van der Waals surface area contributed by atoms with Crippen molar-refractivity contribution in [2.24, 2.45) is 5.92 Å². The topological polar surface area (TPSA) is 95.5 Å². The third-order valence-electron chi connectivity index (χ3n) is 2.39. The zero-order chi connectivity index (χ0) is 13.5. The lowest BCUT2D eigenvalue weighted by molar-refractivity contribution is -0.141. The van der Waals surface area contributed by atoms with E-state index in [1.54, 1.807) is 20.8 Å². The van der Waals surface area contributed by atoms with Crippen LogP contribution in [0.5, 0.6) is 0 Å². The second kappa shape index (κ2) is 7.62. The van der Waals surface area contributed by atoms with Gasteiger partial charge in [-0.05, 0) is 19.8 Å². The average Bonchev–Trinajstić information content (AvgIpc) is 2.15. The Balaban J connectivity index is 3.88. The molecule has 0 aliphatic rings. The van der Waals surface area contributed by atoms with E-state index < -0.39 is 16.2 Å². The summed E-state index contributed by atoms with van der Waals surface area (Å²) in [5.41, 5.74) is 0. The summed E-state index contributed by atoms with van der Waals surface area (Å²) in [7, 11) is -3.41. The van der Waals surface area contributed by atoms with Crippen LogP contribution in [0.1, 0.15) is 40.0 Å². The van der Waals surface area contributed by atoms with Crippen LogP contribution in [0.15, 0.2) is 0 Å². The lowest BCUT2D eigenvalue weighted by Crippen LogP contribution is -2.41. The number of carboxylic acid groups (broad SMARTS) is 1. The molecule has 0 amide bonds. The van der Waals surface area contributed by atoms with Crippen LogP contribution in [0.2, 0.25) is 0 Å². The van der Waals surface area contributed by atoms with Crippen molar-refractivity contribution in [1.82, 2.24) is 9.44 Å². The van der Waals surface area contributed by atoms with E-state index in [1.807, 2.05) is 0 Å². The fourth-order valence-electron chi connectivity index (χ4n) is 1.41. The first-order valence-corrected chi connectivity index (χ1v) is 7.26. The molecule has 0 saturated carbocycles. The molecule has 0 radical (unpaired) electrons. The quantitative estimate of drug-likeness (QED) is 0.572. The van der Waals surface area contributed by atoms with Crippen molar-refractivity contribution in [3.05, 3.63) is 0 Å². The first kappa shape index (κ1) is 16.3. The maximum absolute atomic E-state index is 11.3. The molecular formula is C10H22N2O4S. The third-order valence-corrected chi connectivity index (χ3v) is 3.77. The van der Waals surface area contributed by atoms with Crippen LogP contribution in [-0.4, -0.2) is 32.1 Å². The Kier molecular flexibility index (Phi) is 7.33. The van der Waals surface area contributed by atoms with E-state index in [-0.39, 0.29) is 12.0 Å². The molecule has 0 rings (SSSR count). The molecule has 3 N–H and O–H groups in total. The van der Waals surface area contributed by atoms with Gasteiger partial charge in [0.05, 0.1) is 5.92 Å². The highest BCUT2D eigenvalue weighted by Crippen LogP contribution is 2.09. The number of hydrogen-bond donors (Lipinski definition) is 3. The average molecular weight is 266 g/mol. The largest absolute Gasteiger partial charge is 0.481 e. The molecule has 0 aliphatic carbocycles. The summed E-state index contributed by atoms with van der Waals surface area (Å²) >= 11 is 0. The van der Waals surface area contributed by atoms with Gasteiger partial charge in [-0.3, -0.25) is 4.79 Å². The maximum Gasteiger partial charge on any atom is 0.306 e. The fraction of sp³-hybridized carbons (Fsp3) is 0.900. The number of hydrogen-bond acceptors (Lipinski definition) is 3. The molecule has 0 fully saturated rings. The summed E-state index contributed by atoms with van der Waals surface area (Å²) in [5.74, 6) is -1.20. The summed E-state index contributed by atoms with van der Waals surface area (Å²) in [6, 6.07) is -0.194. The highest BCUT2D eigenvalue weighted by Gasteiger charge is 2.14. The van der Waals surface area contributed by atoms with Gasteiger partial charge in [-0.1, -0.05) is 20.3 Å². The molecule has 0 bridgehead atoms. The van der Waals surface area contributed by atoms with Crippen LogP contribution in [0.25, 0.3) is 0 Å². The van der Waals surface area contributed by atoms with Gasteiger partial charge < -0.3 is 5.11 Å². The van der Waals surface area contributed by atoms with E-state index in [2.05, 4.69) is 9.44 Å². The van der Waals surface area contributed by atoms with Gasteiger partial charge in [-0.25, -0.2) is 4.72 Å². The molecule has 6 nitrogen and oxygen atoms in total. The Morgan fingerprint density at radius 1 is 1.29 bits per heavy atom. The van der Waals surface area contributed by atoms with Crippen LogP contribution in [0.4, 0.5) is 0 Å². The predicted molar refractivity (Wildman–Crippen MR) is 65.8 cm³/mol. The Bertz CT molecular complexity index is 329. The first-order chi connectivity index (χ1) is 7.78. The van der Waals surface area contributed by atoms with Crippen molar-refractivity contribution in [3.63, 3.8) is 0 Å². The van der Waals surface area contributed by atoms with E-state index >= 15 is 0 Å². The molecule has 0 aromatic carbocycles. The molecule has 0 aliphatic heterocycles. The van der Waals surface area contributed by atoms with Crippen LogP contribution >= 0.6 is 0 Å². The van der Waals surface area contributed by atoms with E-state index in [0.717, 1.165) is 0 Å². The lowest BCUT2D eigenvalue weighted by atomic mass is 10.0. The molecule has 0 heterocycles. The first-order valence-electron chi connectivity index (χ1n) is 5.78. The van der Waals surface area contributed by atoms with Crippen molar-refractivity contribution >= 4 is 16.2 Å². The van der Waals surface area contributed by atoms with Gasteiger partial charge in [0.25, 0.3) is 10.2 Å². The highest BCUT2D eigenvalue weighted by molar-refractivity contribution is 7.87. The molecule has 102 valence electrons. The van der Waals surface area contributed by atoms with Gasteiger partial charge in [0.2, 0.25) is 0 Å². The second-order valence-electron chi connectivity index (χ2n) is 4.19. The lowest BCUT2D eigenvalue weighted by Gasteiger charge is -2.14.